The second-order valence-corrected chi connectivity index (χ2v) is 8.89. The summed E-state index contributed by atoms with van der Waals surface area (Å²) in [4.78, 5) is 33.6. The van der Waals surface area contributed by atoms with Gasteiger partial charge in [0.15, 0.2) is 4.80 Å². The molecule has 8 nitrogen and oxygen atoms in total. The molecule has 2 aromatic heterocycles. The van der Waals surface area contributed by atoms with Gasteiger partial charge in [0.2, 0.25) is 0 Å². The fourth-order valence-electron chi connectivity index (χ4n) is 3.83. The van der Waals surface area contributed by atoms with E-state index >= 15 is 0 Å². The van der Waals surface area contributed by atoms with Crippen LogP contribution >= 0.6 is 11.3 Å². The molecule has 1 aromatic carbocycles. The summed E-state index contributed by atoms with van der Waals surface area (Å²) in [7, 11) is 3.93. The van der Waals surface area contributed by atoms with E-state index in [1.165, 1.54) is 11.3 Å². The lowest BCUT2D eigenvalue weighted by Crippen LogP contribution is -2.40. The number of rotatable bonds is 6. The molecule has 4 rings (SSSR count). The monoisotopic (exact) mass is 465 g/mol. The van der Waals surface area contributed by atoms with E-state index < -0.39 is 12.0 Å². The molecule has 3 aromatic rings. The minimum absolute atomic E-state index is 0.208. The third-order valence-electron chi connectivity index (χ3n) is 5.51. The van der Waals surface area contributed by atoms with Crippen LogP contribution in [-0.2, 0) is 16.1 Å². The average Bonchev–Trinajstić information content (AvgIpc) is 3.37. The number of allylic oxidation sites excluding steroid dienone is 1. The molecule has 172 valence electrons. The fourth-order valence-corrected chi connectivity index (χ4v) is 4.86. The van der Waals surface area contributed by atoms with Crippen molar-refractivity contribution >= 4 is 29.1 Å². The van der Waals surface area contributed by atoms with E-state index in [1.54, 1.807) is 29.2 Å². The maximum atomic E-state index is 13.6. The third kappa shape index (κ3) is 4.28. The number of thiazole rings is 1. The van der Waals surface area contributed by atoms with Crippen molar-refractivity contribution in [2.45, 2.75) is 33.4 Å². The highest BCUT2D eigenvalue weighted by atomic mass is 32.1. The number of ether oxygens (including phenoxy) is 1. The Kier molecular flexibility index (Phi) is 6.33. The highest BCUT2D eigenvalue weighted by molar-refractivity contribution is 7.07. The number of hydrogen-bond acceptors (Lipinski definition) is 7. The van der Waals surface area contributed by atoms with Gasteiger partial charge in [0, 0.05) is 32.5 Å². The molecule has 0 saturated carbocycles. The van der Waals surface area contributed by atoms with Crippen molar-refractivity contribution in [3.05, 3.63) is 78.7 Å². The van der Waals surface area contributed by atoms with Crippen LogP contribution < -0.4 is 19.8 Å². The molecule has 0 spiro atoms. The zero-order valence-corrected chi connectivity index (χ0v) is 20.2. The van der Waals surface area contributed by atoms with Gasteiger partial charge < -0.3 is 9.64 Å². The number of aryl methyl sites for hydroxylation is 1. The topological polar surface area (TPSA) is 81.7 Å². The van der Waals surface area contributed by atoms with Crippen molar-refractivity contribution in [3.8, 4) is 0 Å². The lowest BCUT2D eigenvalue weighted by atomic mass is 9.95. The van der Waals surface area contributed by atoms with Gasteiger partial charge in [0.05, 0.1) is 34.1 Å². The van der Waals surface area contributed by atoms with Gasteiger partial charge in [0.1, 0.15) is 0 Å². The Labute approximate surface area is 195 Å². The Balaban J connectivity index is 1.91. The summed E-state index contributed by atoms with van der Waals surface area (Å²) in [5.41, 5.74) is 3.27. The molecule has 9 heteroatoms. The van der Waals surface area contributed by atoms with Gasteiger partial charge in [0.25, 0.3) is 5.56 Å². The van der Waals surface area contributed by atoms with Crippen LogP contribution in [0.25, 0.3) is 6.08 Å². The van der Waals surface area contributed by atoms with Crippen molar-refractivity contribution in [1.82, 2.24) is 14.3 Å². The Morgan fingerprint density at radius 2 is 1.94 bits per heavy atom. The second-order valence-electron chi connectivity index (χ2n) is 7.88. The summed E-state index contributed by atoms with van der Waals surface area (Å²) in [6, 6.07) is 9.08. The molecule has 0 radical (unpaired) electrons. The van der Waals surface area contributed by atoms with E-state index in [1.807, 2.05) is 62.4 Å². The van der Waals surface area contributed by atoms with Gasteiger partial charge in [-0.2, -0.15) is 5.10 Å². The van der Waals surface area contributed by atoms with Crippen LogP contribution in [0.1, 0.15) is 38.1 Å². The molecule has 3 heterocycles. The summed E-state index contributed by atoms with van der Waals surface area (Å²) < 4.78 is 9.26. The highest BCUT2D eigenvalue weighted by Gasteiger charge is 2.33. The molecule has 1 aliphatic rings. The van der Waals surface area contributed by atoms with Crippen LogP contribution in [0.5, 0.6) is 0 Å². The molecule has 33 heavy (non-hydrogen) atoms. The number of anilines is 1. The summed E-state index contributed by atoms with van der Waals surface area (Å²) >= 11 is 1.30. The quantitative estimate of drug-likeness (QED) is 0.521. The predicted molar refractivity (Wildman–Crippen MR) is 129 cm³/mol. The molecular weight excluding hydrogens is 438 g/mol. The van der Waals surface area contributed by atoms with Crippen LogP contribution in [0.15, 0.2) is 57.6 Å². The standard InChI is InChI=1S/C24H27N5O3S/c1-6-28-13-12-17(26-28)14-19-22(30)29-21(16-8-10-18(11-9-16)27(4)5)20(23(31)32-7-2)15(3)25-24(29)33-19/h8-14,21H,6-7H2,1-5H3/b19-14+/t21-/m0/s1. The lowest BCUT2D eigenvalue weighted by Gasteiger charge is -2.25. The first-order chi connectivity index (χ1) is 15.8. The van der Waals surface area contributed by atoms with Crippen LogP contribution in [0.2, 0.25) is 0 Å². The van der Waals surface area contributed by atoms with Crippen molar-refractivity contribution in [2.75, 3.05) is 25.6 Å². The van der Waals surface area contributed by atoms with Crippen molar-refractivity contribution in [2.24, 2.45) is 4.99 Å². The van der Waals surface area contributed by atoms with Crippen molar-refractivity contribution < 1.29 is 9.53 Å². The smallest absolute Gasteiger partial charge is 0.338 e. The van der Waals surface area contributed by atoms with Gasteiger partial charge >= 0.3 is 5.97 Å². The molecular formula is C24H27N5O3S. The largest absolute Gasteiger partial charge is 0.463 e. The van der Waals surface area contributed by atoms with E-state index in [9.17, 15) is 9.59 Å². The molecule has 1 atom stereocenters. The molecule has 0 unspecified atom stereocenters. The minimum Gasteiger partial charge on any atom is -0.463 e. The van der Waals surface area contributed by atoms with Crippen LogP contribution in [0, 0.1) is 0 Å². The lowest BCUT2D eigenvalue weighted by molar-refractivity contribution is -0.139. The summed E-state index contributed by atoms with van der Waals surface area (Å²) in [6.07, 6.45) is 3.65. The number of esters is 1. The first-order valence-corrected chi connectivity index (χ1v) is 11.7. The molecule has 0 fully saturated rings. The van der Waals surface area contributed by atoms with Gasteiger partial charge in [-0.25, -0.2) is 9.79 Å². The van der Waals surface area contributed by atoms with E-state index in [0.717, 1.165) is 17.8 Å². The molecule has 0 bridgehead atoms. The Morgan fingerprint density at radius 3 is 2.55 bits per heavy atom. The maximum absolute atomic E-state index is 13.6. The van der Waals surface area contributed by atoms with E-state index in [0.29, 0.717) is 26.3 Å². The molecule has 0 N–H and O–H groups in total. The normalized spacial score (nSPS) is 15.9. The molecule has 1 aliphatic heterocycles. The van der Waals surface area contributed by atoms with E-state index in [4.69, 9.17) is 4.74 Å². The maximum Gasteiger partial charge on any atom is 0.338 e. The Bertz CT molecular complexity index is 1390. The van der Waals surface area contributed by atoms with Gasteiger partial charge in [-0.05, 0) is 50.6 Å². The number of hydrogen-bond donors (Lipinski definition) is 0. The van der Waals surface area contributed by atoms with Crippen LogP contribution in [-0.4, -0.2) is 41.0 Å². The number of carbonyl (C=O) groups is 1. The highest BCUT2D eigenvalue weighted by Crippen LogP contribution is 2.31. The average molecular weight is 466 g/mol. The van der Waals surface area contributed by atoms with Gasteiger partial charge in [-0.15, -0.1) is 0 Å². The van der Waals surface area contributed by atoms with Crippen molar-refractivity contribution in [1.29, 1.82) is 0 Å². The molecule has 0 amide bonds. The second kappa shape index (κ2) is 9.19. The fraction of sp³-hybridized carbons (Fsp3) is 0.333. The summed E-state index contributed by atoms with van der Waals surface area (Å²) in [5.74, 6) is -0.462. The van der Waals surface area contributed by atoms with E-state index in [2.05, 4.69) is 10.1 Å². The Morgan fingerprint density at radius 1 is 1.21 bits per heavy atom. The van der Waals surface area contributed by atoms with Crippen molar-refractivity contribution in [3.63, 3.8) is 0 Å². The van der Waals surface area contributed by atoms with Gasteiger partial charge in [-0.3, -0.25) is 14.0 Å². The zero-order chi connectivity index (χ0) is 23.7. The molecule has 0 aliphatic carbocycles. The number of fused-ring (bicyclic) bond motifs is 1. The Hall–Kier alpha value is -3.46. The summed E-state index contributed by atoms with van der Waals surface area (Å²) in [6.45, 7) is 6.55. The minimum atomic E-state index is -0.619. The summed E-state index contributed by atoms with van der Waals surface area (Å²) in [5, 5.41) is 4.46. The number of carbonyl (C=O) groups excluding carboxylic acids is 1. The van der Waals surface area contributed by atoms with E-state index in [-0.39, 0.29) is 12.2 Å². The number of benzene rings is 1. The zero-order valence-electron chi connectivity index (χ0n) is 19.4. The third-order valence-corrected chi connectivity index (χ3v) is 6.49. The van der Waals surface area contributed by atoms with Crippen LogP contribution in [0.3, 0.4) is 0 Å². The predicted octanol–water partition coefficient (Wildman–Crippen LogP) is 2.08. The van der Waals surface area contributed by atoms with Gasteiger partial charge in [-0.1, -0.05) is 23.5 Å². The first-order valence-electron chi connectivity index (χ1n) is 10.8. The number of aromatic nitrogens is 3. The SMILES string of the molecule is CCOC(=O)C1=C(C)N=c2s/c(=C/c3ccn(CC)n3)c(=O)n2[C@H]1c1ccc(N(C)C)cc1. The van der Waals surface area contributed by atoms with Crippen LogP contribution in [0.4, 0.5) is 5.69 Å². The molecule has 0 saturated heterocycles. The first kappa shape index (κ1) is 22.7. The number of nitrogens with zero attached hydrogens (tertiary/aromatic N) is 5.